The third-order valence-corrected chi connectivity index (χ3v) is 2.40. The Morgan fingerprint density at radius 1 is 1.50 bits per heavy atom. The molecule has 18 heavy (non-hydrogen) atoms. The molecule has 0 radical (unpaired) electrons. The van der Waals surface area contributed by atoms with E-state index in [-0.39, 0.29) is 11.5 Å². The Labute approximate surface area is 102 Å². The number of benzene rings is 1. The number of nitrogens with two attached hydrogens (primary N) is 1. The van der Waals surface area contributed by atoms with E-state index in [1.807, 2.05) is 0 Å². The number of nitrogen functional groups attached to an aromatic ring is 1. The molecule has 2 aromatic rings. The van der Waals surface area contributed by atoms with Gasteiger partial charge in [-0.3, -0.25) is 4.79 Å². The number of anilines is 2. The maximum absolute atomic E-state index is 13.1. The van der Waals surface area contributed by atoms with Gasteiger partial charge in [-0.15, -0.1) is 0 Å². The summed E-state index contributed by atoms with van der Waals surface area (Å²) < 4.78 is 17.5. The summed E-state index contributed by atoms with van der Waals surface area (Å²) in [5.74, 6) is -0.998. The molecule has 1 heterocycles. The first-order valence-electron chi connectivity index (χ1n) is 5.29. The van der Waals surface area contributed by atoms with Crippen molar-refractivity contribution in [1.29, 1.82) is 0 Å². The molecule has 0 spiro atoms. The van der Waals surface area contributed by atoms with E-state index in [1.165, 1.54) is 23.1 Å². The molecule has 0 atom stereocenters. The smallest absolute Gasteiger partial charge is 0.284 e. The third kappa shape index (κ3) is 2.15. The Bertz CT molecular complexity index is 570. The lowest BCUT2D eigenvalue weighted by atomic mass is 10.2. The number of amides is 1. The van der Waals surface area contributed by atoms with E-state index in [9.17, 15) is 9.18 Å². The summed E-state index contributed by atoms with van der Waals surface area (Å²) in [5.41, 5.74) is 5.79. The maximum Gasteiger partial charge on any atom is 0.284 e. The summed E-state index contributed by atoms with van der Waals surface area (Å²) in [6, 6.07) is 5.69. The molecule has 2 N–H and O–H groups in total. The zero-order valence-corrected chi connectivity index (χ0v) is 9.63. The summed E-state index contributed by atoms with van der Waals surface area (Å²) in [6.07, 6.45) is 0. The predicted molar refractivity (Wildman–Crippen MR) is 62.5 cm³/mol. The third-order valence-electron chi connectivity index (χ3n) is 2.40. The molecule has 0 saturated heterocycles. The first kappa shape index (κ1) is 12.0. The van der Waals surface area contributed by atoms with Crippen LogP contribution >= 0.6 is 0 Å². The molecule has 0 saturated carbocycles. The van der Waals surface area contributed by atoms with Crippen molar-refractivity contribution in [3.63, 3.8) is 0 Å². The average molecular weight is 250 g/mol. The van der Waals surface area contributed by atoms with Gasteiger partial charge >= 0.3 is 0 Å². The molecule has 0 bridgehead atoms. The highest BCUT2D eigenvalue weighted by molar-refractivity contribution is 6.07. The summed E-state index contributed by atoms with van der Waals surface area (Å²) in [5, 5.41) is 6.77. The molecule has 1 amide bonds. The second-order valence-electron chi connectivity index (χ2n) is 3.53. The van der Waals surface area contributed by atoms with E-state index in [0.717, 1.165) is 0 Å². The topological polar surface area (TPSA) is 85.2 Å². The van der Waals surface area contributed by atoms with Gasteiger partial charge < -0.3 is 10.6 Å². The van der Waals surface area contributed by atoms with Crippen LogP contribution in [0, 0.1) is 5.82 Å². The van der Waals surface area contributed by atoms with Gasteiger partial charge in [0.05, 0.1) is 0 Å². The molecular formula is C11H11FN4O2. The van der Waals surface area contributed by atoms with Crippen molar-refractivity contribution in [1.82, 2.24) is 10.3 Å². The van der Waals surface area contributed by atoms with Gasteiger partial charge in [-0.1, -0.05) is 6.07 Å². The fourth-order valence-electron chi connectivity index (χ4n) is 1.56. The lowest BCUT2D eigenvalue weighted by Crippen LogP contribution is -2.31. The number of nitrogens with zero attached hydrogens (tertiary/aromatic N) is 3. The second kappa shape index (κ2) is 4.82. The van der Waals surface area contributed by atoms with Crippen molar-refractivity contribution in [2.45, 2.75) is 6.92 Å². The van der Waals surface area contributed by atoms with Crippen molar-refractivity contribution >= 4 is 17.4 Å². The van der Waals surface area contributed by atoms with Gasteiger partial charge in [0.15, 0.2) is 0 Å². The summed E-state index contributed by atoms with van der Waals surface area (Å²) >= 11 is 0. The van der Waals surface area contributed by atoms with Crippen LogP contribution in [-0.4, -0.2) is 22.8 Å². The molecule has 2 rings (SSSR count). The highest BCUT2D eigenvalue weighted by atomic mass is 19.1. The number of hydrogen-bond acceptors (Lipinski definition) is 5. The monoisotopic (exact) mass is 250 g/mol. The first-order valence-corrected chi connectivity index (χ1v) is 5.29. The van der Waals surface area contributed by atoms with Crippen LogP contribution in [0.1, 0.15) is 17.4 Å². The number of carbonyl (C=O) groups excluding carboxylic acids is 1. The number of carbonyl (C=O) groups is 1. The average Bonchev–Trinajstić information content (AvgIpc) is 2.76. The fraction of sp³-hybridized carbons (Fsp3) is 0.182. The SMILES string of the molecule is CCN(C(=O)c1nonc1N)c1cccc(F)c1. The van der Waals surface area contributed by atoms with Crippen LogP contribution in [0.5, 0.6) is 0 Å². The molecule has 0 aliphatic rings. The van der Waals surface area contributed by atoms with Gasteiger partial charge in [-0.25, -0.2) is 9.02 Å². The van der Waals surface area contributed by atoms with Crippen molar-refractivity contribution in [3.8, 4) is 0 Å². The van der Waals surface area contributed by atoms with E-state index in [4.69, 9.17) is 5.73 Å². The molecule has 0 aliphatic heterocycles. The minimum Gasteiger partial charge on any atom is -0.379 e. The van der Waals surface area contributed by atoms with E-state index < -0.39 is 11.7 Å². The van der Waals surface area contributed by atoms with Gasteiger partial charge in [0.2, 0.25) is 11.5 Å². The van der Waals surface area contributed by atoms with Gasteiger partial charge in [-0.05, 0) is 35.4 Å². The summed E-state index contributed by atoms with van der Waals surface area (Å²) in [4.78, 5) is 13.5. The number of rotatable bonds is 3. The van der Waals surface area contributed by atoms with Gasteiger partial charge in [0.1, 0.15) is 5.82 Å². The van der Waals surface area contributed by atoms with Gasteiger partial charge in [0.25, 0.3) is 5.91 Å². The van der Waals surface area contributed by atoms with Crippen LogP contribution < -0.4 is 10.6 Å². The fourth-order valence-corrected chi connectivity index (χ4v) is 1.56. The van der Waals surface area contributed by atoms with Crippen LogP contribution in [0.4, 0.5) is 15.9 Å². The molecular weight excluding hydrogens is 239 g/mol. The molecule has 94 valence electrons. The molecule has 1 aromatic heterocycles. The largest absolute Gasteiger partial charge is 0.379 e. The summed E-state index contributed by atoms with van der Waals surface area (Å²) in [6.45, 7) is 2.10. The van der Waals surface area contributed by atoms with E-state index in [2.05, 4.69) is 14.9 Å². The maximum atomic E-state index is 13.1. The van der Waals surface area contributed by atoms with Crippen LogP contribution in [0.3, 0.4) is 0 Å². The Hall–Kier alpha value is -2.44. The van der Waals surface area contributed by atoms with Gasteiger partial charge in [0, 0.05) is 12.2 Å². The molecule has 0 fully saturated rings. The summed E-state index contributed by atoms with van der Waals surface area (Å²) in [7, 11) is 0. The van der Waals surface area contributed by atoms with Crippen molar-refractivity contribution in [3.05, 3.63) is 35.8 Å². The minimum atomic E-state index is -0.484. The highest BCUT2D eigenvalue weighted by Crippen LogP contribution is 2.19. The lowest BCUT2D eigenvalue weighted by Gasteiger charge is -2.19. The normalized spacial score (nSPS) is 10.3. The molecule has 0 unspecified atom stereocenters. The Kier molecular flexibility index (Phi) is 3.22. The molecule has 0 aliphatic carbocycles. The second-order valence-corrected chi connectivity index (χ2v) is 3.53. The molecule has 1 aromatic carbocycles. The Morgan fingerprint density at radius 3 is 2.83 bits per heavy atom. The predicted octanol–water partition coefficient (Wildman–Crippen LogP) is 1.46. The van der Waals surface area contributed by atoms with Crippen LogP contribution in [0.15, 0.2) is 28.9 Å². The highest BCUT2D eigenvalue weighted by Gasteiger charge is 2.23. The first-order chi connectivity index (χ1) is 8.63. The molecule has 7 heteroatoms. The molecule has 6 nitrogen and oxygen atoms in total. The van der Waals surface area contributed by atoms with E-state index in [0.29, 0.717) is 12.2 Å². The zero-order chi connectivity index (χ0) is 13.1. The van der Waals surface area contributed by atoms with Crippen molar-refractivity contribution in [2.24, 2.45) is 0 Å². The quantitative estimate of drug-likeness (QED) is 0.891. The van der Waals surface area contributed by atoms with Crippen LogP contribution in [0.2, 0.25) is 0 Å². The Morgan fingerprint density at radius 2 is 2.28 bits per heavy atom. The van der Waals surface area contributed by atoms with Crippen LogP contribution in [-0.2, 0) is 0 Å². The van der Waals surface area contributed by atoms with Crippen molar-refractivity contribution < 1.29 is 13.8 Å². The van der Waals surface area contributed by atoms with Crippen LogP contribution in [0.25, 0.3) is 0 Å². The number of aromatic nitrogens is 2. The van der Waals surface area contributed by atoms with Gasteiger partial charge in [-0.2, -0.15) is 0 Å². The zero-order valence-electron chi connectivity index (χ0n) is 9.63. The van der Waals surface area contributed by atoms with Crippen molar-refractivity contribution in [2.75, 3.05) is 17.2 Å². The lowest BCUT2D eigenvalue weighted by molar-refractivity contribution is 0.0979. The van der Waals surface area contributed by atoms with E-state index >= 15 is 0 Å². The number of hydrogen-bond donors (Lipinski definition) is 1. The Balaban J connectivity index is 2.35. The minimum absolute atomic E-state index is 0.0823. The number of halogens is 1. The standard InChI is InChI=1S/C11H11FN4O2/c1-2-16(8-5-3-4-7(12)6-8)11(17)9-10(13)15-18-14-9/h3-6H,2H2,1H3,(H2,13,15). The van der Waals surface area contributed by atoms with E-state index in [1.54, 1.807) is 13.0 Å².